The first-order valence-electron chi connectivity index (χ1n) is 6.77. The van der Waals surface area contributed by atoms with Gasteiger partial charge in [-0.2, -0.15) is 0 Å². The monoisotopic (exact) mass is 263 g/mol. The van der Waals surface area contributed by atoms with Crippen molar-refractivity contribution in [1.82, 2.24) is 4.90 Å². The summed E-state index contributed by atoms with van der Waals surface area (Å²) in [7, 11) is 0. The highest BCUT2D eigenvalue weighted by Crippen LogP contribution is 2.26. The topological polar surface area (TPSA) is 49.8 Å². The standard InChI is InChI=1S/C15H21NO3/c1-11-5-6-14(13(9-11)12(2)17)19-10-15(18)16-7-3-4-8-16/h5-6,9,12,17H,3-4,7-8,10H2,1-2H3. The maximum absolute atomic E-state index is 11.9. The van der Waals surface area contributed by atoms with E-state index in [1.54, 1.807) is 6.92 Å². The number of hydrogen-bond acceptors (Lipinski definition) is 3. The number of aryl methyl sites for hydroxylation is 1. The molecule has 1 aliphatic heterocycles. The minimum atomic E-state index is -0.600. The van der Waals surface area contributed by atoms with Crippen LogP contribution in [0.15, 0.2) is 18.2 Å². The van der Waals surface area contributed by atoms with E-state index in [1.165, 1.54) is 0 Å². The number of nitrogens with zero attached hydrogens (tertiary/aromatic N) is 1. The maximum atomic E-state index is 11.9. The molecule has 0 spiro atoms. The van der Waals surface area contributed by atoms with E-state index in [1.807, 2.05) is 30.0 Å². The van der Waals surface area contributed by atoms with Crippen LogP contribution < -0.4 is 4.74 Å². The maximum Gasteiger partial charge on any atom is 0.260 e. The number of ether oxygens (including phenoxy) is 1. The Morgan fingerprint density at radius 3 is 2.74 bits per heavy atom. The van der Waals surface area contributed by atoms with Crippen LogP contribution in [0.2, 0.25) is 0 Å². The highest BCUT2D eigenvalue weighted by atomic mass is 16.5. The second-order valence-corrected chi connectivity index (χ2v) is 5.09. The lowest BCUT2D eigenvalue weighted by molar-refractivity contribution is -0.132. The molecule has 1 N–H and O–H groups in total. The van der Waals surface area contributed by atoms with E-state index in [4.69, 9.17) is 4.74 Å². The van der Waals surface area contributed by atoms with Gasteiger partial charge in [-0.15, -0.1) is 0 Å². The summed E-state index contributed by atoms with van der Waals surface area (Å²) in [6.45, 7) is 5.37. The second-order valence-electron chi connectivity index (χ2n) is 5.09. The van der Waals surface area contributed by atoms with E-state index in [0.29, 0.717) is 5.75 Å². The number of aliphatic hydroxyl groups is 1. The molecule has 4 nitrogen and oxygen atoms in total. The quantitative estimate of drug-likeness (QED) is 0.904. The molecule has 104 valence electrons. The first-order valence-corrected chi connectivity index (χ1v) is 6.77. The third-order valence-corrected chi connectivity index (χ3v) is 3.43. The fraction of sp³-hybridized carbons (Fsp3) is 0.533. The molecule has 1 unspecified atom stereocenters. The summed E-state index contributed by atoms with van der Waals surface area (Å²) in [6.07, 6.45) is 1.56. The van der Waals surface area contributed by atoms with E-state index in [9.17, 15) is 9.90 Å². The van der Waals surface area contributed by atoms with Crippen molar-refractivity contribution in [3.05, 3.63) is 29.3 Å². The molecule has 0 radical (unpaired) electrons. The van der Waals surface area contributed by atoms with Crippen molar-refractivity contribution in [2.24, 2.45) is 0 Å². The van der Waals surface area contributed by atoms with E-state index in [0.717, 1.165) is 37.1 Å². The number of hydrogen-bond donors (Lipinski definition) is 1. The molecule has 1 heterocycles. The van der Waals surface area contributed by atoms with E-state index < -0.39 is 6.10 Å². The Hall–Kier alpha value is -1.55. The number of likely N-dealkylation sites (tertiary alicyclic amines) is 1. The van der Waals surface area contributed by atoms with Crippen molar-refractivity contribution >= 4 is 5.91 Å². The van der Waals surface area contributed by atoms with Crippen LogP contribution in [-0.4, -0.2) is 35.6 Å². The van der Waals surface area contributed by atoms with E-state index in [2.05, 4.69) is 0 Å². The molecule has 0 aromatic heterocycles. The Balaban J connectivity index is 2.00. The lowest BCUT2D eigenvalue weighted by Gasteiger charge is -2.18. The fourth-order valence-corrected chi connectivity index (χ4v) is 2.32. The number of amides is 1. The number of rotatable bonds is 4. The molecular formula is C15H21NO3. The zero-order chi connectivity index (χ0) is 13.8. The summed E-state index contributed by atoms with van der Waals surface area (Å²) in [5.41, 5.74) is 1.79. The Morgan fingerprint density at radius 1 is 1.42 bits per heavy atom. The predicted molar refractivity (Wildman–Crippen MR) is 73.1 cm³/mol. The van der Waals surface area contributed by atoms with E-state index in [-0.39, 0.29) is 12.5 Å². The van der Waals surface area contributed by atoms with Gasteiger partial charge in [0.1, 0.15) is 5.75 Å². The van der Waals surface area contributed by atoms with Crippen LogP contribution in [0.25, 0.3) is 0 Å². The largest absolute Gasteiger partial charge is 0.483 e. The highest BCUT2D eigenvalue weighted by molar-refractivity contribution is 5.78. The van der Waals surface area contributed by atoms with Gasteiger partial charge in [0.15, 0.2) is 6.61 Å². The lowest BCUT2D eigenvalue weighted by atomic mass is 10.1. The summed E-state index contributed by atoms with van der Waals surface area (Å²) in [5, 5.41) is 9.73. The molecule has 0 bridgehead atoms. The smallest absolute Gasteiger partial charge is 0.260 e. The minimum Gasteiger partial charge on any atom is -0.483 e. The molecule has 1 saturated heterocycles. The van der Waals surface area contributed by atoms with Gasteiger partial charge in [-0.3, -0.25) is 4.79 Å². The summed E-state index contributed by atoms with van der Waals surface area (Å²) in [5.74, 6) is 0.614. The van der Waals surface area contributed by atoms with Gasteiger partial charge in [0.05, 0.1) is 6.10 Å². The zero-order valence-electron chi connectivity index (χ0n) is 11.6. The molecule has 1 atom stereocenters. The fourth-order valence-electron chi connectivity index (χ4n) is 2.32. The van der Waals surface area contributed by atoms with Gasteiger partial charge in [-0.05, 0) is 38.8 Å². The number of aliphatic hydroxyl groups excluding tert-OH is 1. The van der Waals surface area contributed by atoms with Crippen LogP contribution in [0, 0.1) is 6.92 Å². The Morgan fingerprint density at radius 2 is 2.11 bits per heavy atom. The molecular weight excluding hydrogens is 242 g/mol. The average Bonchev–Trinajstić information content (AvgIpc) is 2.90. The van der Waals surface area contributed by atoms with Gasteiger partial charge in [-0.25, -0.2) is 0 Å². The first kappa shape index (κ1) is 13.9. The molecule has 1 aromatic carbocycles. The molecule has 0 aliphatic carbocycles. The van der Waals surface area contributed by atoms with Crippen molar-refractivity contribution in [1.29, 1.82) is 0 Å². The summed E-state index contributed by atoms with van der Waals surface area (Å²) in [4.78, 5) is 13.7. The predicted octanol–water partition coefficient (Wildman–Crippen LogP) is 2.05. The molecule has 4 heteroatoms. The van der Waals surface area contributed by atoms with Crippen LogP contribution in [0.4, 0.5) is 0 Å². The normalized spacial score (nSPS) is 16.5. The van der Waals surface area contributed by atoms with Crippen LogP contribution in [0.5, 0.6) is 5.75 Å². The Bertz CT molecular complexity index is 451. The first-order chi connectivity index (χ1) is 9.08. The molecule has 1 amide bonds. The summed E-state index contributed by atoms with van der Waals surface area (Å²) in [6, 6.07) is 5.62. The van der Waals surface area contributed by atoms with Crippen LogP contribution in [0.1, 0.15) is 37.0 Å². The van der Waals surface area contributed by atoms with Crippen molar-refractivity contribution in [3.8, 4) is 5.75 Å². The van der Waals surface area contributed by atoms with Gasteiger partial charge in [-0.1, -0.05) is 11.6 Å². The van der Waals surface area contributed by atoms with Crippen molar-refractivity contribution in [2.75, 3.05) is 19.7 Å². The average molecular weight is 263 g/mol. The summed E-state index contributed by atoms with van der Waals surface area (Å²) >= 11 is 0. The SMILES string of the molecule is Cc1ccc(OCC(=O)N2CCCC2)c(C(C)O)c1. The molecule has 0 saturated carbocycles. The van der Waals surface area contributed by atoms with Crippen LogP contribution in [-0.2, 0) is 4.79 Å². The number of carbonyl (C=O) groups is 1. The number of benzene rings is 1. The zero-order valence-corrected chi connectivity index (χ0v) is 11.6. The Labute approximate surface area is 114 Å². The lowest BCUT2D eigenvalue weighted by Crippen LogP contribution is -2.32. The Kier molecular flexibility index (Phi) is 4.43. The van der Waals surface area contributed by atoms with Crippen molar-refractivity contribution in [3.63, 3.8) is 0 Å². The molecule has 19 heavy (non-hydrogen) atoms. The third kappa shape index (κ3) is 3.47. The van der Waals surface area contributed by atoms with Gasteiger partial charge < -0.3 is 14.7 Å². The molecule has 1 fully saturated rings. The van der Waals surface area contributed by atoms with Gasteiger partial charge in [0.2, 0.25) is 0 Å². The number of carbonyl (C=O) groups excluding carboxylic acids is 1. The molecule has 2 rings (SSSR count). The highest BCUT2D eigenvalue weighted by Gasteiger charge is 2.19. The van der Waals surface area contributed by atoms with Crippen LogP contribution in [0.3, 0.4) is 0 Å². The third-order valence-electron chi connectivity index (χ3n) is 3.43. The van der Waals surface area contributed by atoms with Gasteiger partial charge >= 0.3 is 0 Å². The van der Waals surface area contributed by atoms with Crippen molar-refractivity contribution < 1.29 is 14.6 Å². The van der Waals surface area contributed by atoms with Crippen molar-refractivity contribution in [2.45, 2.75) is 32.8 Å². The van der Waals surface area contributed by atoms with Crippen LogP contribution >= 0.6 is 0 Å². The van der Waals surface area contributed by atoms with Gasteiger partial charge in [0, 0.05) is 18.7 Å². The summed E-state index contributed by atoms with van der Waals surface area (Å²) < 4.78 is 5.58. The molecule has 1 aliphatic rings. The second kappa shape index (κ2) is 6.06. The van der Waals surface area contributed by atoms with Gasteiger partial charge in [0.25, 0.3) is 5.91 Å². The minimum absolute atomic E-state index is 0.0228. The molecule has 1 aromatic rings. The van der Waals surface area contributed by atoms with E-state index >= 15 is 0 Å².